The van der Waals surface area contributed by atoms with Crippen molar-refractivity contribution in [3.63, 3.8) is 0 Å². The van der Waals surface area contributed by atoms with Crippen LogP contribution in [0, 0.1) is 13.8 Å². The zero-order chi connectivity index (χ0) is 12.3. The van der Waals surface area contributed by atoms with E-state index in [0.29, 0.717) is 6.10 Å². The van der Waals surface area contributed by atoms with Crippen molar-refractivity contribution in [1.82, 2.24) is 5.43 Å². The number of nitrogens with one attached hydrogen (secondary N) is 1. The second-order valence-electron chi connectivity index (χ2n) is 4.80. The van der Waals surface area contributed by atoms with Gasteiger partial charge in [0.05, 0.1) is 6.10 Å². The molecule has 4 nitrogen and oxygen atoms in total. The Balaban J connectivity index is 1.93. The molecule has 2 atom stereocenters. The minimum Gasteiger partial charge on any atom is -0.466 e. The first-order chi connectivity index (χ1) is 8.20. The van der Waals surface area contributed by atoms with E-state index in [2.05, 4.69) is 11.5 Å². The average Bonchev–Trinajstić information content (AvgIpc) is 2.90. The molecule has 0 spiro atoms. The van der Waals surface area contributed by atoms with Gasteiger partial charge in [0, 0.05) is 18.2 Å². The third-order valence-corrected chi connectivity index (χ3v) is 3.46. The molecule has 1 aromatic rings. The van der Waals surface area contributed by atoms with Crippen molar-refractivity contribution >= 4 is 0 Å². The smallest absolute Gasteiger partial charge is 0.105 e. The zero-order valence-corrected chi connectivity index (χ0v) is 10.7. The maximum Gasteiger partial charge on any atom is 0.105 e. The second-order valence-corrected chi connectivity index (χ2v) is 4.80. The lowest BCUT2D eigenvalue weighted by Crippen LogP contribution is -2.29. The summed E-state index contributed by atoms with van der Waals surface area (Å²) in [6.07, 6.45) is 4.83. The van der Waals surface area contributed by atoms with Crippen molar-refractivity contribution in [3.8, 4) is 0 Å². The number of furan rings is 1. The van der Waals surface area contributed by atoms with E-state index in [1.165, 1.54) is 18.4 Å². The predicted octanol–water partition coefficient (Wildman–Crippen LogP) is 2.36. The Morgan fingerprint density at radius 1 is 1.53 bits per heavy atom. The molecule has 2 unspecified atom stereocenters. The van der Waals surface area contributed by atoms with Crippen LogP contribution >= 0.6 is 0 Å². The van der Waals surface area contributed by atoms with Crippen molar-refractivity contribution in [2.75, 3.05) is 6.61 Å². The molecule has 0 radical (unpaired) electrons. The molecule has 0 aliphatic carbocycles. The van der Waals surface area contributed by atoms with Crippen molar-refractivity contribution in [1.29, 1.82) is 0 Å². The lowest BCUT2D eigenvalue weighted by Gasteiger charge is -2.17. The fourth-order valence-electron chi connectivity index (χ4n) is 2.55. The van der Waals surface area contributed by atoms with Gasteiger partial charge in [-0.1, -0.05) is 0 Å². The van der Waals surface area contributed by atoms with Crippen molar-refractivity contribution in [3.05, 3.63) is 23.2 Å². The molecular formula is C13H22N2O2. The highest BCUT2D eigenvalue weighted by Crippen LogP contribution is 2.27. The third kappa shape index (κ3) is 3.09. The molecule has 17 heavy (non-hydrogen) atoms. The van der Waals surface area contributed by atoms with E-state index < -0.39 is 0 Å². The van der Waals surface area contributed by atoms with Gasteiger partial charge in [-0.25, -0.2) is 0 Å². The summed E-state index contributed by atoms with van der Waals surface area (Å²) < 4.78 is 11.2. The van der Waals surface area contributed by atoms with Crippen LogP contribution in [-0.4, -0.2) is 12.7 Å². The summed E-state index contributed by atoms with van der Waals surface area (Å²) in [5.41, 5.74) is 4.05. The van der Waals surface area contributed by atoms with Crippen LogP contribution in [0.1, 0.15) is 48.8 Å². The minimum absolute atomic E-state index is 0.164. The number of aryl methyl sites for hydroxylation is 2. The van der Waals surface area contributed by atoms with Gasteiger partial charge < -0.3 is 9.15 Å². The molecule has 96 valence electrons. The molecule has 1 fully saturated rings. The van der Waals surface area contributed by atoms with Gasteiger partial charge in [0.25, 0.3) is 0 Å². The normalized spacial score (nSPS) is 21.9. The fraction of sp³-hybridized carbons (Fsp3) is 0.692. The van der Waals surface area contributed by atoms with E-state index in [0.717, 1.165) is 31.0 Å². The quantitative estimate of drug-likeness (QED) is 0.610. The number of nitrogens with two attached hydrogens (primary N) is 1. The van der Waals surface area contributed by atoms with Gasteiger partial charge in [-0.3, -0.25) is 11.3 Å². The van der Waals surface area contributed by atoms with Crippen LogP contribution < -0.4 is 11.3 Å². The highest BCUT2D eigenvalue weighted by molar-refractivity contribution is 5.23. The Hall–Kier alpha value is -0.840. The van der Waals surface area contributed by atoms with E-state index in [-0.39, 0.29) is 6.04 Å². The molecular weight excluding hydrogens is 216 g/mol. The summed E-state index contributed by atoms with van der Waals surface area (Å²) in [7, 11) is 0. The van der Waals surface area contributed by atoms with E-state index in [1.807, 2.05) is 13.8 Å². The molecule has 1 saturated heterocycles. The summed E-state index contributed by atoms with van der Waals surface area (Å²) in [5.74, 6) is 7.53. The average molecular weight is 238 g/mol. The first-order valence-corrected chi connectivity index (χ1v) is 6.35. The Morgan fingerprint density at radius 3 is 2.88 bits per heavy atom. The fourth-order valence-corrected chi connectivity index (χ4v) is 2.55. The van der Waals surface area contributed by atoms with E-state index in [9.17, 15) is 0 Å². The lowest BCUT2D eigenvalue weighted by atomic mass is 10.00. The van der Waals surface area contributed by atoms with Crippen LogP contribution in [0.2, 0.25) is 0 Å². The van der Waals surface area contributed by atoms with Crippen molar-refractivity contribution < 1.29 is 9.15 Å². The highest BCUT2D eigenvalue weighted by atomic mass is 16.5. The number of ether oxygens (including phenoxy) is 1. The largest absolute Gasteiger partial charge is 0.466 e. The topological polar surface area (TPSA) is 60.4 Å². The molecule has 0 bridgehead atoms. The predicted molar refractivity (Wildman–Crippen MR) is 66.5 cm³/mol. The summed E-state index contributed by atoms with van der Waals surface area (Å²) in [6, 6.07) is 2.23. The van der Waals surface area contributed by atoms with Gasteiger partial charge in [-0.05, 0) is 45.6 Å². The summed E-state index contributed by atoms with van der Waals surface area (Å²) in [5, 5.41) is 0. The maximum atomic E-state index is 5.64. The molecule has 2 heterocycles. The highest BCUT2D eigenvalue weighted by Gasteiger charge is 2.20. The molecule has 1 aromatic heterocycles. The zero-order valence-electron chi connectivity index (χ0n) is 10.7. The Labute approximate surface area is 102 Å². The Kier molecular flexibility index (Phi) is 4.20. The lowest BCUT2D eigenvalue weighted by molar-refractivity contribution is 0.0995. The SMILES string of the molecule is Cc1cc(C(CCC2CCCO2)NN)c(C)o1. The molecule has 2 rings (SSSR count). The van der Waals surface area contributed by atoms with Crippen LogP contribution in [-0.2, 0) is 4.74 Å². The number of hydrogen-bond acceptors (Lipinski definition) is 4. The molecule has 1 aliphatic heterocycles. The summed E-state index contributed by atoms with van der Waals surface area (Å²) >= 11 is 0. The van der Waals surface area contributed by atoms with Crippen LogP contribution in [0.15, 0.2) is 10.5 Å². The van der Waals surface area contributed by atoms with Crippen molar-refractivity contribution in [2.45, 2.75) is 51.7 Å². The summed E-state index contributed by atoms with van der Waals surface area (Å²) in [6.45, 7) is 4.86. The molecule has 0 amide bonds. The molecule has 0 aromatic carbocycles. The first kappa shape index (κ1) is 12.6. The van der Waals surface area contributed by atoms with Crippen LogP contribution in [0.4, 0.5) is 0 Å². The number of rotatable bonds is 5. The van der Waals surface area contributed by atoms with Gasteiger partial charge in [-0.15, -0.1) is 0 Å². The monoisotopic (exact) mass is 238 g/mol. The van der Waals surface area contributed by atoms with Crippen molar-refractivity contribution in [2.24, 2.45) is 5.84 Å². The van der Waals surface area contributed by atoms with Gasteiger partial charge in [0.2, 0.25) is 0 Å². The number of hydrazine groups is 1. The van der Waals surface area contributed by atoms with E-state index in [4.69, 9.17) is 15.0 Å². The Bertz CT molecular complexity index is 356. The van der Waals surface area contributed by atoms with E-state index in [1.54, 1.807) is 0 Å². The second kappa shape index (κ2) is 5.67. The first-order valence-electron chi connectivity index (χ1n) is 6.35. The molecule has 4 heteroatoms. The minimum atomic E-state index is 0.164. The maximum absolute atomic E-state index is 5.64. The van der Waals surface area contributed by atoms with Crippen LogP contribution in [0.3, 0.4) is 0 Å². The molecule has 1 aliphatic rings. The number of hydrogen-bond donors (Lipinski definition) is 2. The van der Waals surface area contributed by atoms with Gasteiger partial charge in [0.15, 0.2) is 0 Å². The molecule has 3 N–H and O–H groups in total. The van der Waals surface area contributed by atoms with E-state index >= 15 is 0 Å². The van der Waals surface area contributed by atoms with Crippen LogP contribution in [0.5, 0.6) is 0 Å². The standard InChI is InChI=1S/C13H22N2O2/c1-9-8-12(10(2)17-9)13(15-14)6-5-11-4-3-7-16-11/h8,11,13,15H,3-7,14H2,1-2H3. The van der Waals surface area contributed by atoms with Crippen LogP contribution in [0.25, 0.3) is 0 Å². The van der Waals surface area contributed by atoms with Gasteiger partial charge >= 0.3 is 0 Å². The summed E-state index contributed by atoms with van der Waals surface area (Å²) in [4.78, 5) is 0. The Morgan fingerprint density at radius 2 is 2.35 bits per heavy atom. The van der Waals surface area contributed by atoms with Gasteiger partial charge in [-0.2, -0.15) is 0 Å². The third-order valence-electron chi connectivity index (χ3n) is 3.46. The molecule has 0 saturated carbocycles. The van der Waals surface area contributed by atoms with Gasteiger partial charge in [0.1, 0.15) is 11.5 Å².